The molecule has 0 atom stereocenters. The molecule has 1 rings (SSSR count). The van der Waals surface area contributed by atoms with Crippen LogP contribution >= 0.6 is 11.6 Å². The molecule has 0 fully saturated rings. The summed E-state index contributed by atoms with van der Waals surface area (Å²) in [6.07, 6.45) is 0. The molecule has 2 amide bonds. The van der Waals surface area contributed by atoms with Gasteiger partial charge in [0.2, 0.25) is 0 Å². The minimum absolute atomic E-state index is 0.0975. The van der Waals surface area contributed by atoms with Crippen molar-refractivity contribution in [1.29, 1.82) is 0 Å². The van der Waals surface area contributed by atoms with Crippen LogP contribution in [0.1, 0.15) is 22.8 Å². The van der Waals surface area contributed by atoms with Crippen LogP contribution in [0.5, 0.6) is 0 Å². The molecule has 0 aliphatic rings. The Morgan fingerprint density at radius 3 is 2.74 bits per heavy atom. The monoisotopic (exact) mass is 284 g/mol. The predicted octanol–water partition coefficient (Wildman–Crippen LogP) is 2.12. The Morgan fingerprint density at radius 1 is 1.32 bits per heavy atom. The second kappa shape index (κ2) is 7.63. The number of nitrogens with one attached hydrogen (secondary N) is 2. The second-order valence-corrected chi connectivity index (χ2v) is 4.24. The molecular weight excluding hydrogens is 268 g/mol. The number of hydrogen-bond donors (Lipinski definition) is 2. The molecule has 1 aromatic rings. The van der Waals surface area contributed by atoms with Gasteiger partial charge in [-0.3, -0.25) is 0 Å². The van der Waals surface area contributed by atoms with Crippen molar-refractivity contribution >= 4 is 23.6 Å². The van der Waals surface area contributed by atoms with Crippen LogP contribution in [0.3, 0.4) is 0 Å². The van der Waals surface area contributed by atoms with Gasteiger partial charge in [0.15, 0.2) is 0 Å². The molecule has 0 saturated heterocycles. The normalized spacial score (nSPS) is 9.84. The lowest BCUT2D eigenvalue weighted by Gasteiger charge is -2.08. The first kappa shape index (κ1) is 15.3. The SMILES string of the molecule is CCNC(=O)NCCOC(=O)c1cccc(C)c1Cl. The van der Waals surface area contributed by atoms with E-state index >= 15 is 0 Å². The molecule has 0 aliphatic heterocycles. The average molecular weight is 285 g/mol. The van der Waals surface area contributed by atoms with Crippen molar-refractivity contribution in [2.45, 2.75) is 13.8 Å². The van der Waals surface area contributed by atoms with Gasteiger partial charge in [-0.2, -0.15) is 0 Å². The zero-order valence-electron chi connectivity index (χ0n) is 11.0. The van der Waals surface area contributed by atoms with Crippen molar-refractivity contribution in [2.75, 3.05) is 19.7 Å². The summed E-state index contributed by atoms with van der Waals surface area (Å²) in [5.41, 5.74) is 1.15. The molecule has 19 heavy (non-hydrogen) atoms. The van der Waals surface area contributed by atoms with Crippen LogP contribution in [-0.4, -0.2) is 31.7 Å². The molecule has 0 heterocycles. The van der Waals surface area contributed by atoms with E-state index in [1.165, 1.54) is 0 Å². The highest BCUT2D eigenvalue weighted by molar-refractivity contribution is 6.34. The summed E-state index contributed by atoms with van der Waals surface area (Å²) >= 11 is 6.01. The number of ether oxygens (including phenoxy) is 1. The maximum absolute atomic E-state index is 11.8. The number of amides is 2. The standard InChI is InChI=1S/C13H17ClN2O3/c1-3-15-13(18)16-7-8-19-12(17)10-6-4-5-9(2)11(10)14/h4-6H,3,7-8H2,1-2H3,(H2,15,16,18). The fourth-order valence-electron chi connectivity index (χ4n) is 1.41. The number of halogens is 1. The summed E-state index contributed by atoms with van der Waals surface area (Å²) < 4.78 is 5.03. The van der Waals surface area contributed by atoms with Gasteiger partial charge in [-0.25, -0.2) is 9.59 Å². The summed E-state index contributed by atoms with van der Waals surface area (Å²) in [5.74, 6) is -0.494. The Bertz CT molecular complexity index is 463. The number of carbonyl (C=O) groups is 2. The van der Waals surface area contributed by atoms with E-state index < -0.39 is 5.97 Å². The van der Waals surface area contributed by atoms with E-state index in [1.807, 2.05) is 19.9 Å². The number of aryl methyl sites for hydroxylation is 1. The number of esters is 1. The summed E-state index contributed by atoms with van der Waals surface area (Å²) in [5, 5.41) is 5.52. The third-order valence-corrected chi connectivity index (χ3v) is 2.87. The molecule has 0 aliphatic carbocycles. The largest absolute Gasteiger partial charge is 0.460 e. The van der Waals surface area contributed by atoms with Gasteiger partial charge in [0.25, 0.3) is 0 Å². The Balaban J connectivity index is 2.40. The fraction of sp³-hybridized carbons (Fsp3) is 0.385. The van der Waals surface area contributed by atoms with Gasteiger partial charge in [-0.15, -0.1) is 0 Å². The van der Waals surface area contributed by atoms with Crippen molar-refractivity contribution in [3.63, 3.8) is 0 Å². The van der Waals surface area contributed by atoms with E-state index in [0.29, 0.717) is 17.1 Å². The minimum Gasteiger partial charge on any atom is -0.460 e. The summed E-state index contributed by atoms with van der Waals surface area (Å²) in [4.78, 5) is 22.8. The molecule has 0 saturated carbocycles. The van der Waals surface area contributed by atoms with Crippen LogP contribution in [0.25, 0.3) is 0 Å². The quantitative estimate of drug-likeness (QED) is 0.643. The number of hydrogen-bond acceptors (Lipinski definition) is 3. The first-order valence-corrected chi connectivity index (χ1v) is 6.38. The number of carbonyl (C=O) groups excluding carboxylic acids is 2. The molecule has 0 aromatic heterocycles. The molecule has 0 unspecified atom stereocenters. The lowest BCUT2D eigenvalue weighted by atomic mass is 10.1. The molecular formula is C13H17ClN2O3. The highest BCUT2D eigenvalue weighted by Gasteiger charge is 2.12. The lowest BCUT2D eigenvalue weighted by molar-refractivity contribution is 0.0510. The minimum atomic E-state index is -0.494. The third-order valence-electron chi connectivity index (χ3n) is 2.37. The molecule has 2 N–H and O–H groups in total. The van der Waals surface area contributed by atoms with Crippen LogP contribution in [0.4, 0.5) is 4.79 Å². The van der Waals surface area contributed by atoms with Gasteiger partial charge in [0.05, 0.1) is 17.1 Å². The van der Waals surface area contributed by atoms with Crippen molar-refractivity contribution in [3.8, 4) is 0 Å². The smallest absolute Gasteiger partial charge is 0.339 e. The van der Waals surface area contributed by atoms with Gasteiger partial charge >= 0.3 is 12.0 Å². The second-order valence-electron chi connectivity index (χ2n) is 3.86. The van der Waals surface area contributed by atoms with Gasteiger partial charge < -0.3 is 15.4 Å². The van der Waals surface area contributed by atoms with Crippen LogP contribution in [0.2, 0.25) is 5.02 Å². The Labute approximate surface area is 117 Å². The van der Waals surface area contributed by atoms with Crippen molar-refractivity contribution in [1.82, 2.24) is 10.6 Å². The Hall–Kier alpha value is -1.75. The maximum Gasteiger partial charge on any atom is 0.339 e. The van der Waals surface area contributed by atoms with E-state index in [2.05, 4.69) is 10.6 Å². The summed E-state index contributed by atoms with van der Waals surface area (Å²) in [6, 6.07) is 4.88. The van der Waals surface area contributed by atoms with E-state index in [4.69, 9.17) is 16.3 Å². The van der Waals surface area contributed by atoms with Gasteiger partial charge in [-0.1, -0.05) is 23.7 Å². The van der Waals surface area contributed by atoms with Crippen LogP contribution in [0, 0.1) is 6.92 Å². The third kappa shape index (κ3) is 4.79. The van der Waals surface area contributed by atoms with Crippen LogP contribution in [0.15, 0.2) is 18.2 Å². The predicted molar refractivity (Wildman–Crippen MR) is 73.5 cm³/mol. The zero-order chi connectivity index (χ0) is 14.3. The Kier molecular flexibility index (Phi) is 6.15. The Morgan fingerprint density at radius 2 is 2.05 bits per heavy atom. The average Bonchev–Trinajstić information content (AvgIpc) is 2.38. The molecule has 6 heteroatoms. The first-order valence-electron chi connectivity index (χ1n) is 6.00. The van der Waals surface area contributed by atoms with Crippen LogP contribution in [-0.2, 0) is 4.74 Å². The first-order chi connectivity index (χ1) is 9.06. The van der Waals surface area contributed by atoms with Gasteiger partial charge in [0, 0.05) is 6.54 Å². The van der Waals surface area contributed by atoms with Crippen molar-refractivity contribution in [2.24, 2.45) is 0 Å². The topological polar surface area (TPSA) is 67.4 Å². The molecule has 104 valence electrons. The summed E-state index contributed by atoms with van der Waals surface area (Å²) in [7, 11) is 0. The number of rotatable bonds is 5. The highest BCUT2D eigenvalue weighted by Crippen LogP contribution is 2.20. The van der Waals surface area contributed by atoms with Crippen molar-refractivity contribution < 1.29 is 14.3 Å². The van der Waals surface area contributed by atoms with Crippen molar-refractivity contribution in [3.05, 3.63) is 34.3 Å². The van der Waals surface area contributed by atoms with Gasteiger partial charge in [0.1, 0.15) is 6.61 Å². The van der Waals surface area contributed by atoms with Gasteiger partial charge in [-0.05, 0) is 25.5 Å². The molecule has 0 bridgehead atoms. The van der Waals surface area contributed by atoms with E-state index in [1.54, 1.807) is 12.1 Å². The van der Waals surface area contributed by atoms with E-state index in [-0.39, 0.29) is 19.2 Å². The van der Waals surface area contributed by atoms with Crippen LogP contribution < -0.4 is 10.6 Å². The molecule has 1 aromatic carbocycles. The fourth-order valence-corrected chi connectivity index (χ4v) is 1.62. The number of urea groups is 1. The lowest BCUT2D eigenvalue weighted by Crippen LogP contribution is -2.37. The maximum atomic E-state index is 11.8. The van der Waals surface area contributed by atoms with E-state index in [9.17, 15) is 9.59 Å². The summed E-state index contributed by atoms with van der Waals surface area (Å²) in [6.45, 7) is 4.53. The number of benzene rings is 1. The highest BCUT2D eigenvalue weighted by atomic mass is 35.5. The van der Waals surface area contributed by atoms with E-state index in [0.717, 1.165) is 5.56 Å². The molecule has 5 nitrogen and oxygen atoms in total. The molecule has 0 radical (unpaired) electrons. The zero-order valence-corrected chi connectivity index (χ0v) is 11.7. The molecule has 0 spiro atoms.